The van der Waals surface area contributed by atoms with Crippen LogP contribution in [-0.4, -0.2) is 24.0 Å². The lowest BCUT2D eigenvalue weighted by Gasteiger charge is -2.45. The molecule has 2 rings (SSSR count). The highest BCUT2D eigenvalue weighted by molar-refractivity contribution is 4.98. The van der Waals surface area contributed by atoms with Crippen LogP contribution in [0.4, 0.5) is 0 Å². The van der Waals surface area contributed by atoms with Crippen LogP contribution in [0.1, 0.15) is 52.9 Å². The zero-order valence-corrected chi connectivity index (χ0v) is 12.2. The molecule has 0 aromatic rings. The van der Waals surface area contributed by atoms with Crippen LogP contribution in [0.5, 0.6) is 0 Å². The molecule has 5 unspecified atom stereocenters. The van der Waals surface area contributed by atoms with E-state index in [1.165, 1.54) is 38.8 Å². The van der Waals surface area contributed by atoms with Crippen molar-refractivity contribution >= 4 is 0 Å². The Morgan fingerprint density at radius 2 is 1.78 bits per heavy atom. The van der Waals surface area contributed by atoms with Gasteiger partial charge in [-0.3, -0.25) is 4.90 Å². The second kappa shape index (κ2) is 6.06. The maximum Gasteiger partial charge on any atom is 0.0672 e. The van der Waals surface area contributed by atoms with E-state index in [-0.39, 0.29) is 5.92 Å². The number of nitriles is 1. The lowest BCUT2D eigenvalue weighted by atomic mass is 9.76. The van der Waals surface area contributed by atoms with E-state index in [0.29, 0.717) is 6.04 Å². The van der Waals surface area contributed by atoms with Gasteiger partial charge in [-0.05, 0) is 43.4 Å². The molecule has 1 saturated carbocycles. The number of hydrogen-bond acceptors (Lipinski definition) is 2. The summed E-state index contributed by atoms with van der Waals surface area (Å²) in [6.07, 6.45) is 6.29. The Morgan fingerprint density at radius 3 is 2.33 bits per heavy atom. The maximum absolute atomic E-state index is 9.41. The van der Waals surface area contributed by atoms with Crippen molar-refractivity contribution < 1.29 is 0 Å². The molecule has 0 radical (unpaired) electrons. The van der Waals surface area contributed by atoms with E-state index in [9.17, 15) is 5.26 Å². The third kappa shape index (κ3) is 3.06. The molecule has 0 spiro atoms. The predicted molar refractivity (Wildman–Crippen MR) is 75.0 cm³/mol. The summed E-state index contributed by atoms with van der Waals surface area (Å²) in [6.45, 7) is 9.46. The van der Waals surface area contributed by atoms with E-state index >= 15 is 0 Å². The average Bonchev–Trinajstić information content (AvgIpc) is 2.36. The minimum absolute atomic E-state index is 0.283. The largest absolute Gasteiger partial charge is 0.299 e. The summed E-state index contributed by atoms with van der Waals surface area (Å²) >= 11 is 0. The standard InChI is InChI=1S/C16H28N2/c1-4-14-5-6-15(9-17)16(8-14)18-10-12(2)7-13(3)11-18/h12-16H,4-8,10-11H2,1-3H3. The van der Waals surface area contributed by atoms with Crippen LogP contribution < -0.4 is 0 Å². The van der Waals surface area contributed by atoms with Crippen molar-refractivity contribution in [2.75, 3.05) is 13.1 Å². The molecule has 1 heterocycles. The van der Waals surface area contributed by atoms with Crippen molar-refractivity contribution in [2.45, 2.75) is 58.9 Å². The second-order valence-corrected chi connectivity index (χ2v) is 6.79. The summed E-state index contributed by atoms with van der Waals surface area (Å²) in [7, 11) is 0. The number of piperidine rings is 1. The highest BCUT2D eigenvalue weighted by Crippen LogP contribution is 2.36. The van der Waals surface area contributed by atoms with Crippen LogP contribution in [0.25, 0.3) is 0 Å². The fraction of sp³-hybridized carbons (Fsp3) is 0.938. The Balaban J connectivity index is 2.05. The van der Waals surface area contributed by atoms with Gasteiger partial charge >= 0.3 is 0 Å². The van der Waals surface area contributed by atoms with Gasteiger partial charge in [-0.15, -0.1) is 0 Å². The molecule has 0 aromatic heterocycles. The molecule has 0 N–H and O–H groups in total. The van der Waals surface area contributed by atoms with Gasteiger partial charge in [0, 0.05) is 19.1 Å². The van der Waals surface area contributed by atoms with Crippen LogP contribution in [0, 0.1) is 35.0 Å². The average molecular weight is 248 g/mol. The van der Waals surface area contributed by atoms with Gasteiger partial charge in [0.15, 0.2) is 0 Å². The normalized spacial score (nSPS) is 42.4. The number of hydrogen-bond donors (Lipinski definition) is 0. The molecule has 2 aliphatic rings. The Bertz CT molecular complexity index is 297. The van der Waals surface area contributed by atoms with Gasteiger partial charge in [0.25, 0.3) is 0 Å². The molecule has 0 aromatic carbocycles. The Hall–Kier alpha value is -0.550. The van der Waals surface area contributed by atoms with Crippen molar-refractivity contribution in [3.8, 4) is 6.07 Å². The number of rotatable bonds is 2. The molecule has 1 aliphatic heterocycles. The molecule has 1 saturated heterocycles. The molecule has 2 heteroatoms. The molecule has 102 valence electrons. The lowest BCUT2D eigenvalue weighted by Crippen LogP contribution is -2.50. The first kappa shape index (κ1) is 13.9. The van der Waals surface area contributed by atoms with Crippen LogP contribution in [-0.2, 0) is 0 Å². The maximum atomic E-state index is 9.41. The van der Waals surface area contributed by atoms with E-state index < -0.39 is 0 Å². The van der Waals surface area contributed by atoms with Crippen LogP contribution >= 0.6 is 0 Å². The van der Waals surface area contributed by atoms with Crippen LogP contribution in [0.3, 0.4) is 0 Å². The minimum Gasteiger partial charge on any atom is -0.299 e. The van der Waals surface area contributed by atoms with Gasteiger partial charge in [0.2, 0.25) is 0 Å². The van der Waals surface area contributed by atoms with Crippen molar-refractivity contribution in [3.63, 3.8) is 0 Å². The molecule has 0 bridgehead atoms. The summed E-state index contributed by atoms with van der Waals surface area (Å²) in [5, 5.41) is 9.41. The summed E-state index contributed by atoms with van der Waals surface area (Å²) in [4.78, 5) is 2.65. The van der Waals surface area contributed by atoms with Crippen LogP contribution in [0.2, 0.25) is 0 Å². The van der Waals surface area contributed by atoms with E-state index in [1.807, 2.05) is 0 Å². The third-order valence-electron chi connectivity index (χ3n) is 5.03. The SMILES string of the molecule is CCC1CCC(C#N)C(N2CC(C)CC(C)C2)C1. The Kier molecular flexibility index (Phi) is 4.67. The van der Waals surface area contributed by atoms with Gasteiger partial charge in [-0.1, -0.05) is 27.2 Å². The van der Waals surface area contributed by atoms with E-state index in [1.54, 1.807) is 0 Å². The van der Waals surface area contributed by atoms with E-state index in [4.69, 9.17) is 0 Å². The third-order valence-corrected chi connectivity index (χ3v) is 5.03. The highest BCUT2D eigenvalue weighted by Gasteiger charge is 2.36. The zero-order valence-electron chi connectivity index (χ0n) is 12.2. The molecule has 2 fully saturated rings. The van der Waals surface area contributed by atoms with Crippen molar-refractivity contribution in [2.24, 2.45) is 23.7 Å². The monoisotopic (exact) mass is 248 g/mol. The number of likely N-dealkylation sites (tertiary alicyclic amines) is 1. The van der Waals surface area contributed by atoms with E-state index in [0.717, 1.165) is 24.2 Å². The molecule has 5 atom stereocenters. The first-order valence-electron chi connectivity index (χ1n) is 7.77. The highest BCUT2D eigenvalue weighted by atomic mass is 15.2. The molecular weight excluding hydrogens is 220 g/mol. The van der Waals surface area contributed by atoms with Crippen molar-refractivity contribution in [3.05, 3.63) is 0 Å². The molecule has 0 amide bonds. The van der Waals surface area contributed by atoms with E-state index in [2.05, 4.69) is 31.7 Å². The van der Waals surface area contributed by atoms with Crippen molar-refractivity contribution in [1.29, 1.82) is 5.26 Å². The quantitative estimate of drug-likeness (QED) is 0.745. The first-order chi connectivity index (χ1) is 8.63. The summed E-state index contributed by atoms with van der Waals surface area (Å²) < 4.78 is 0. The topological polar surface area (TPSA) is 27.0 Å². The molecule has 1 aliphatic carbocycles. The minimum atomic E-state index is 0.283. The predicted octanol–water partition coefficient (Wildman–Crippen LogP) is 3.68. The fourth-order valence-electron chi connectivity index (χ4n) is 4.14. The second-order valence-electron chi connectivity index (χ2n) is 6.79. The van der Waals surface area contributed by atoms with Gasteiger partial charge in [-0.2, -0.15) is 5.26 Å². The van der Waals surface area contributed by atoms with Gasteiger partial charge in [0.1, 0.15) is 0 Å². The Labute approximate surface area is 112 Å². The number of nitrogens with zero attached hydrogens (tertiary/aromatic N) is 2. The molecule has 18 heavy (non-hydrogen) atoms. The van der Waals surface area contributed by atoms with Gasteiger partial charge < -0.3 is 0 Å². The summed E-state index contributed by atoms with van der Waals surface area (Å²) in [6, 6.07) is 3.12. The summed E-state index contributed by atoms with van der Waals surface area (Å²) in [5.41, 5.74) is 0. The van der Waals surface area contributed by atoms with Crippen molar-refractivity contribution in [1.82, 2.24) is 4.90 Å². The smallest absolute Gasteiger partial charge is 0.0672 e. The van der Waals surface area contributed by atoms with Gasteiger partial charge in [0.05, 0.1) is 12.0 Å². The first-order valence-corrected chi connectivity index (χ1v) is 7.77. The molecular formula is C16H28N2. The lowest BCUT2D eigenvalue weighted by molar-refractivity contribution is 0.0432. The summed E-state index contributed by atoms with van der Waals surface area (Å²) in [5.74, 6) is 2.74. The van der Waals surface area contributed by atoms with Gasteiger partial charge in [-0.25, -0.2) is 0 Å². The Morgan fingerprint density at radius 1 is 1.11 bits per heavy atom. The fourth-order valence-corrected chi connectivity index (χ4v) is 4.14. The van der Waals surface area contributed by atoms with Crippen LogP contribution in [0.15, 0.2) is 0 Å². The zero-order chi connectivity index (χ0) is 13.1. The molecule has 2 nitrogen and oxygen atoms in total.